The van der Waals surface area contributed by atoms with Gasteiger partial charge in [0.05, 0.1) is 23.4 Å². The number of nitrogens with one attached hydrogen (secondary N) is 2. The average molecular weight is 480 g/mol. The summed E-state index contributed by atoms with van der Waals surface area (Å²) in [5, 5.41) is 17.4. The van der Waals surface area contributed by atoms with E-state index in [1.165, 1.54) is 6.07 Å². The van der Waals surface area contributed by atoms with Crippen molar-refractivity contribution in [2.75, 3.05) is 37.6 Å². The topological polar surface area (TPSA) is 108 Å². The summed E-state index contributed by atoms with van der Waals surface area (Å²) in [5.41, 5.74) is 2.96. The fraction of sp³-hybridized carbons (Fsp3) is 0.462. The third kappa shape index (κ3) is 5.97. The van der Waals surface area contributed by atoms with Gasteiger partial charge in [0, 0.05) is 50.0 Å². The first-order chi connectivity index (χ1) is 16.8. The second kappa shape index (κ2) is 10.9. The minimum absolute atomic E-state index is 0.0239. The van der Waals surface area contributed by atoms with Crippen molar-refractivity contribution in [1.29, 1.82) is 0 Å². The third-order valence-electron chi connectivity index (χ3n) is 6.70. The van der Waals surface area contributed by atoms with E-state index in [4.69, 9.17) is 0 Å². The lowest BCUT2D eigenvalue weighted by Crippen LogP contribution is -2.62. The summed E-state index contributed by atoms with van der Waals surface area (Å²) in [6, 6.07) is 14.9. The summed E-state index contributed by atoms with van der Waals surface area (Å²) >= 11 is 0. The minimum atomic E-state index is -0.396. The molecule has 0 spiro atoms. The van der Waals surface area contributed by atoms with Crippen LogP contribution in [0.4, 0.5) is 11.4 Å². The number of amides is 2. The summed E-state index contributed by atoms with van der Waals surface area (Å²) in [5.74, 6) is -0.443. The molecule has 2 atom stereocenters. The number of nitrogens with zero attached hydrogens (tertiary/aromatic N) is 3. The van der Waals surface area contributed by atoms with Gasteiger partial charge >= 0.3 is 0 Å². The standard InChI is InChI=1S/C26H33N5O4/c1-18(2)28-25(32)17-29-12-13-30-23-9-8-21(31(34)35)14-20(23)15-22(24(30)16-29)26(33)27-11-10-19-6-4-3-5-7-19/h3-9,14,18,22,24H,10-13,15-17H2,1-2H3,(H,27,33)(H,28,32). The lowest BCUT2D eigenvalue weighted by Gasteiger charge is -2.49. The molecular weight excluding hydrogens is 446 g/mol. The van der Waals surface area contributed by atoms with Crippen molar-refractivity contribution < 1.29 is 14.5 Å². The van der Waals surface area contributed by atoms with Gasteiger partial charge in [-0.05, 0) is 43.9 Å². The van der Waals surface area contributed by atoms with E-state index in [0.29, 0.717) is 32.6 Å². The van der Waals surface area contributed by atoms with Crippen molar-refractivity contribution in [2.45, 2.75) is 38.8 Å². The molecule has 0 radical (unpaired) electrons. The molecule has 2 N–H and O–H groups in total. The van der Waals surface area contributed by atoms with Gasteiger partial charge in [-0.3, -0.25) is 24.6 Å². The number of fused-ring (bicyclic) bond motifs is 3. The Morgan fingerprint density at radius 1 is 1.14 bits per heavy atom. The number of carbonyl (C=O) groups excluding carboxylic acids is 2. The van der Waals surface area contributed by atoms with Crippen LogP contribution in [0.5, 0.6) is 0 Å². The van der Waals surface area contributed by atoms with Crippen molar-refractivity contribution in [3.05, 3.63) is 69.8 Å². The van der Waals surface area contributed by atoms with Gasteiger partial charge in [0.25, 0.3) is 5.69 Å². The second-order valence-corrected chi connectivity index (χ2v) is 9.63. The Morgan fingerprint density at radius 3 is 2.63 bits per heavy atom. The van der Waals surface area contributed by atoms with Gasteiger partial charge in [0.15, 0.2) is 0 Å². The molecule has 2 aromatic rings. The molecule has 1 fully saturated rings. The number of non-ortho nitro benzene ring substituents is 1. The maximum Gasteiger partial charge on any atom is 0.269 e. The Morgan fingerprint density at radius 2 is 1.91 bits per heavy atom. The fourth-order valence-electron chi connectivity index (χ4n) is 5.10. The van der Waals surface area contributed by atoms with Gasteiger partial charge in [-0.15, -0.1) is 0 Å². The highest BCUT2D eigenvalue weighted by atomic mass is 16.6. The maximum absolute atomic E-state index is 13.4. The molecule has 2 aromatic carbocycles. The number of hydrogen-bond donors (Lipinski definition) is 2. The van der Waals surface area contributed by atoms with Crippen LogP contribution in [-0.2, 0) is 22.4 Å². The van der Waals surface area contributed by atoms with Crippen LogP contribution < -0.4 is 15.5 Å². The molecule has 9 nitrogen and oxygen atoms in total. The lowest BCUT2D eigenvalue weighted by molar-refractivity contribution is -0.384. The van der Waals surface area contributed by atoms with Gasteiger partial charge in [-0.25, -0.2) is 0 Å². The monoisotopic (exact) mass is 479 g/mol. The van der Waals surface area contributed by atoms with E-state index in [9.17, 15) is 19.7 Å². The predicted molar refractivity (Wildman–Crippen MR) is 134 cm³/mol. The first kappa shape index (κ1) is 24.7. The third-order valence-corrected chi connectivity index (χ3v) is 6.70. The number of carbonyl (C=O) groups is 2. The molecule has 0 saturated carbocycles. The van der Waals surface area contributed by atoms with E-state index >= 15 is 0 Å². The zero-order chi connectivity index (χ0) is 24.9. The Labute approximate surface area is 205 Å². The number of anilines is 1. The molecule has 35 heavy (non-hydrogen) atoms. The Balaban J connectivity index is 1.51. The zero-order valence-corrected chi connectivity index (χ0v) is 20.3. The van der Waals surface area contributed by atoms with E-state index in [0.717, 1.165) is 23.2 Å². The summed E-state index contributed by atoms with van der Waals surface area (Å²) in [4.78, 5) is 41.0. The van der Waals surface area contributed by atoms with Crippen LogP contribution in [0.25, 0.3) is 0 Å². The van der Waals surface area contributed by atoms with Crippen molar-refractivity contribution in [3.8, 4) is 0 Å². The molecule has 0 aliphatic carbocycles. The molecule has 2 unspecified atom stereocenters. The predicted octanol–water partition coefficient (Wildman–Crippen LogP) is 2.14. The van der Waals surface area contributed by atoms with E-state index in [2.05, 4.69) is 20.4 Å². The molecule has 2 aliphatic rings. The van der Waals surface area contributed by atoms with Crippen LogP contribution in [-0.4, -0.2) is 66.4 Å². The van der Waals surface area contributed by atoms with Crippen molar-refractivity contribution >= 4 is 23.2 Å². The zero-order valence-electron chi connectivity index (χ0n) is 20.3. The van der Waals surface area contributed by atoms with Crippen molar-refractivity contribution in [1.82, 2.24) is 15.5 Å². The van der Waals surface area contributed by atoms with Gasteiger partial charge in [-0.1, -0.05) is 30.3 Å². The van der Waals surface area contributed by atoms with Gasteiger partial charge in [-0.2, -0.15) is 0 Å². The SMILES string of the molecule is CC(C)NC(=O)CN1CCN2c3ccc([N+](=O)[O-])cc3CC(C(=O)NCCc3ccccc3)C2C1. The van der Waals surface area contributed by atoms with E-state index < -0.39 is 4.92 Å². The quantitative estimate of drug-likeness (QED) is 0.444. The highest BCUT2D eigenvalue weighted by Crippen LogP contribution is 2.37. The molecule has 9 heteroatoms. The van der Waals surface area contributed by atoms with Crippen LogP contribution in [0.15, 0.2) is 48.5 Å². The van der Waals surface area contributed by atoms with Gasteiger partial charge in [0.2, 0.25) is 11.8 Å². The Kier molecular flexibility index (Phi) is 7.65. The van der Waals surface area contributed by atoms with Crippen LogP contribution in [0.3, 0.4) is 0 Å². The van der Waals surface area contributed by atoms with Crippen LogP contribution in [0.2, 0.25) is 0 Å². The Hall–Kier alpha value is -3.46. The second-order valence-electron chi connectivity index (χ2n) is 9.63. The molecule has 2 aliphatic heterocycles. The summed E-state index contributed by atoms with van der Waals surface area (Å²) < 4.78 is 0. The molecule has 2 amide bonds. The van der Waals surface area contributed by atoms with E-state index in [1.54, 1.807) is 12.1 Å². The van der Waals surface area contributed by atoms with Crippen LogP contribution >= 0.6 is 0 Å². The van der Waals surface area contributed by atoms with Crippen LogP contribution in [0, 0.1) is 16.0 Å². The number of hydrogen-bond acceptors (Lipinski definition) is 6. The molecular formula is C26H33N5O4. The van der Waals surface area contributed by atoms with Gasteiger partial charge in [0.1, 0.15) is 0 Å². The highest BCUT2D eigenvalue weighted by Gasteiger charge is 2.42. The molecule has 4 rings (SSSR count). The summed E-state index contributed by atoms with van der Waals surface area (Å²) in [6.07, 6.45) is 1.17. The number of nitro groups is 1. The smallest absolute Gasteiger partial charge is 0.269 e. The van der Waals surface area contributed by atoms with Gasteiger partial charge < -0.3 is 15.5 Å². The molecule has 0 aromatic heterocycles. The average Bonchev–Trinajstić information content (AvgIpc) is 2.83. The molecule has 2 heterocycles. The number of benzene rings is 2. The summed E-state index contributed by atoms with van der Waals surface area (Å²) in [7, 11) is 0. The van der Waals surface area contributed by atoms with Crippen molar-refractivity contribution in [2.24, 2.45) is 5.92 Å². The van der Waals surface area contributed by atoms with Crippen molar-refractivity contribution in [3.63, 3.8) is 0 Å². The molecule has 0 bridgehead atoms. The number of rotatable bonds is 8. The fourth-order valence-corrected chi connectivity index (χ4v) is 5.10. The minimum Gasteiger partial charge on any atom is -0.365 e. The number of nitro benzene ring substituents is 1. The molecule has 1 saturated heterocycles. The lowest BCUT2D eigenvalue weighted by atomic mass is 9.83. The number of piperazine rings is 1. The largest absolute Gasteiger partial charge is 0.365 e. The maximum atomic E-state index is 13.4. The highest BCUT2D eigenvalue weighted by molar-refractivity contribution is 5.82. The first-order valence-corrected chi connectivity index (χ1v) is 12.2. The first-order valence-electron chi connectivity index (χ1n) is 12.2. The summed E-state index contributed by atoms with van der Waals surface area (Å²) in [6.45, 7) is 6.59. The van der Waals surface area contributed by atoms with Crippen LogP contribution in [0.1, 0.15) is 25.0 Å². The van der Waals surface area contributed by atoms with E-state index in [1.807, 2.05) is 44.2 Å². The Bertz CT molecular complexity index is 1070. The molecule has 186 valence electrons. The van der Waals surface area contributed by atoms with E-state index in [-0.39, 0.29) is 42.0 Å². The normalized spacial score (nSPS) is 19.6.